The Morgan fingerprint density at radius 3 is 2.42 bits per heavy atom. The SMILES string of the molecule is C/C=C(Cl)\C(=C/CC)COc1ccc(CCC)cc1. The summed E-state index contributed by atoms with van der Waals surface area (Å²) in [5, 5.41) is 0.768. The topological polar surface area (TPSA) is 9.23 Å². The van der Waals surface area contributed by atoms with Crippen molar-refractivity contribution in [1.29, 1.82) is 0 Å². The highest BCUT2D eigenvalue weighted by Gasteiger charge is 2.03. The van der Waals surface area contributed by atoms with Crippen LogP contribution < -0.4 is 4.74 Å². The van der Waals surface area contributed by atoms with E-state index in [4.69, 9.17) is 16.3 Å². The van der Waals surface area contributed by atoms with Gasteiger partial charge in [0.2, 0.25) is 0 Å². The molecule has 0 aliphatic rings. The molecular formula is C17H23ClO. The quantitative estimate of drug-likeness (QED) is 0.599. The standard InChI is InChI=1S/C17H23ClO/c1-4-7-14-9-11-16(12-10-14)19-13-15(8-5-2)17(18)6-3/h6,8-12H,4-5,7,13H2,1-3H3/b15-8-,17-6+. The average molecular weight is 279 g/mol. The van der Waals surface area contributed by atoms with Gasteiger partial charge in [-0.25, -0.2) is 0 Å². The van der Waals surface area contributed by atoms with Crippen molar-refractivity contribution < 1.29 is 4.74 Å². The summed E-state index contributed by atoms with van der Waals surface area (Å²) >= 11 is 6.16. The molecule has 0 amide bonds. The van der Waals surface area contributed by atoms with Crippen molar-refractivity contribution in [3.8, 4) is 5.75 Å². The van der Waals surface area contributed by atoms with E-state index in [1.807, 2.05) is 25.1 Å². The number of rotatable bonds is 7. The van der Waals surface area contributed by atoms with Crippen molar-refractivity contribution in [2.24, 2.45) is 0 Å². The van der Waals surface area contributed by atoms with Crippen LogP contribution in [0.25, 0.3) is 0 Å². The van der Waals surface area contributed by atoms with Crippen LogP contribution in [-0.2, 0) is 6.42 Å². The molecule has 1 aromatic carbocycles. The van der Waals surface area contributed by atoms with Crippen molar-refractivity contribution in [1.82, 2.24) is 0 Å². The molecule has 1 aromatic rings. The van der Waals surface area contributed by atoms with Gasteiger partial charge in [0.25, 0.3) is 0 Å². The molecule has 19 heavy (non-hydrogen) atoms. The van der Waals surface area contributed by atoms with E-state index in [0.29, 0.717) is 6.61 Å². The van der Waals surface area contributed by atoms with E-state index >= 15 is 0 Å². The fourth-order valence-electron chi connectivity index (χ4n) is 1.86. The second-order valence-electron chi connectivity index (χ2n) is 4.46. The number of benzene rings is 1. The van der Waals surface area contributed by atoms with E-state index < -0.39 is 0 Å². The number of halogens is 1. The Morgan fingerprint density at radius 2 is 1.89 bits per heavy atom. The fraction of sp³-hybridized carbons (Fsp3) is 0.412. The Balaban J connectivity index is 2.62. The maximum absolute atomic E-state index is 6.16. The van der Waals surface area contributed by atoms with Crippen molar-refractivity contribution in [2.75, 3.05) is 6.61 Å². The van der Waals surface area contributed by atoms with Gasteiger partial charge in [0.1, 0.15) is 12.4 Å². The highest BCUT2D eigenvalue weighted by molar-refractivity contribution is 6.31. The lowest BCUT2D eigenvalue weighted by atomic mass is 10.1. The molecule has 0 aliphatic heterocycles. The van der Waals surface area contributed by atoms with Crippen LogP contribution in [0.4, 0.5) is 0 Å². The Morgan fingerprint density at radius 1 is 1.21 bits per heavy atom. The van der Waals surface area contributed by atoms with Crippen molar-refractivity contribution in [3.05, 3.63) is 52.6 Å². The molecule has 1 rings (SSSR count). The molecule has 0 aliphatic carbocycles. The third kappa shape index (κ3) is 5.52. The van der Waals surface area contributed by atoms with Gasteiger partial charge >= 0.3 is 0 Å². The Hall–Kier alpha value is -1.21. The molecule has 104 valence electrons. The molecule has 0 atom stereocenters. The predicted molar refractivity (Wildman–Crippen MR) is 83.9 cm³/mol. The molecule has 0 fully saturated rings. The highest BCUT2D eigenvalue weighted by Crippen LogP contribution is 2.19. The molecular weight excluding hydrogens is 256 g/mol. The van der Waals surface area contributed by atoms with E-state index in [1.165, 1.54) is 12.0 Å². The smallest absolute Gasteiger partial charge is 0.119 e. The summed E-state index contributed by atoms with van der Waals surface area (Å²) in [5.74, 6) is 0.891. The van der Waals surface area contributed by atoms with Gasteiger partial charge in [-0.15, -0.1) is 0 Å². The van der Waals surface area contributed by atoms with Gasteiger partial charge in [-0.2, -0.15) is 0 Å². The van der Waals surface area contributed by atoms with Crippen LogP contribution in [0, 0.1) is 0 Å². The third-order valence-corrected chi connectivity index (χ3v) is 3.33. The summed E-state index contributed by atoms with van der Waals surface area (Å²) in [7, 11) is 0. The first-order valence-corrected chi connectivity index (χ1v) is 7.32. The summed E-state index contributed by atoms with van der Waals surface area (Å²) in [6, 6.07) is 8.30. The van der Waals surface area contributed by atoms with E-state index in [0.717, 1.165) is 29.2 Å². The molecule has 2 heteroatoms. The molecule has 0 radical (unpaired) electrons. The molecule has 0 heterocycles. The van der Waals surface area contributed by atoms with Crippen LogP contribution in [-0.4, -0.2) is 6.61 Å². The zero-order chi connectivity index (χ0) is 14.1. The third-order valence-electron chi connectivity index (χ3n) is 2.87. The number of hydrogen-bond donors (Lipinski definition) is 0. The number of aryl methyl sites for hydroxylation is 1. The van der Waals surface area contributed by atoms with Gasteiger partial charge < -0.3 is 4.74 Å². The number of allylic oxidation sites excluding steroid dienone is 2. The molecule has 0 unspecified atom stereocenters. The van der Waals surface area contributed by atoms with Crippen LogP contribution >= 0.6 is 11.6 Å². The second kappa shape index (κ2) is 8.82. The summed E-state index contributed by atoms with van der Waals surface area (Å²) < 4.78 is 5.78. The summed E-state index contributed by atoms with van der Waals surface area (Å²) in [5.41, 5.74) is 2.40. The highest BCUT2D eigenvalue weighted by atomic mass is 35.5. The summed E-state index contributed by atoms with van der Waals surface area (Å²) in [6.07, 6.45) is 7.24. The average Bonchev–Trinajstić information content (AvgIpc) is 2.44. The van der Waals surface area contributed by atoms with Crippen molar-refractivity contribution in [2.45, 2.75) is 40.0 Å². The van der Waals surface area contributed by atoms with Crippen LogP contribution in [0.2, 0.25) is 0 Å². The first kappa shape index (κ1) is 15.8. The lowest BCUT2D eigenvalue weighted by Crippen LogP contribution is -2.02. The van der Waals surface area contributed by atoms with E-state index in [1.54, 1.807) is 0 Å². The van der Waals surface area contributed by atoms with Gasteiger partial charge in [-0.3, -0.25) is 0 Å². The molecule has 0 saturated carbocycles. The normalized spacial score (nSPS) is 12.6. The van der Waals surface area contributed by atoms with Crippen LogP contribution in [0.15, 0.2) is 47.0 Å². The van der Waals surface area contributed by atoms with Gasteiger partial charge in [-0.1, -0.05) is 56.2 Å². The van der Waals surface area contributed by atoms with Gasteiger partial charge in [0, 0.05) is 10.6 Å². The predicted octanol–water partition coefficient (Wildman–Crippen LogP) is 5.50. The Kier molecular flexibility index (Phi) is 7.35. The maximum atomic E-state index is 6.16. The minimum absolute atomic E-state index is 0.518. The van der Waals surface area contributed by atoms with E-state index in [2.05, 4.69) is 32.1 Å². The fourth-order valence-corrected chi connectivity index (χ4v) is 1.99. The first-order chi connectivity index (χ1) is 9.21. The molecule has 1 nitrogen and oxygen atoms in total. The van der Waals surface area contributed by atoms with Crippen molar-refractivity contribution >= 4 is 11.6 Å². The van der Waals surface area contributed by atoms with E-state index in [-0.39, 0.29) is 0 Å². The minimum atomic E-state index is 0.518. The summed E-state index contributed by atoms with van der Waals surface area (Å²) in [6.45, 7) is 6.74. The van der Waals surface area contributed by atoms with Gasteiger partial charge in [0.15, 0.2) is 0 Å². The van der Waals surface area contributed by atoms with Crippen LogP contribution in [0.3, 0.4) is 0 Å². The lowest BCUT2D eigenvalue weighted by Gasteiger charge is -2.10. The monoisotopic (exact) mass is 278 g/mol. The molecule has 0 spiro atoms. The number of hydrogen-bond acceptors (Lipinski definition) is 1. The zero-order valence-electron chi connectivity index (χ0n) is 12.1. The second-order valence-corrected chi connectivity index (χ2v) is 4.86. The summed E-state index contributed by atoms with van der Waals surface area (Å²) in [4.78, 5) is 0. The lowest BCUT2D eigenvalue weighted by molar-refractivity contribution is 0.354. The number of ether oxygens (including phenoxy) is 1. The minimum Gasteiger partial charge on any atom is -0.489 e. The first-order valence-electron chi connectivity index (χ1n) is 6.94. The molecule has 0 N–H and O–H groups in total. The molecule has 0 aromatic heterocycles. The van der Waals surface area contributed by atoms with Crippen LogP contribution in [0.1, 0.15) is 39.2 Å². The Bertz CT molecular complexity index is 429. The molecule has 0 saturated heterocycles. The van der Waals surface area contributed by atoms with Gasteiger partial charge in [-0.05, 0) is 37.5 Å². The molecule has 0 bridgehead atoms. The maximum Gasteiger partial charge on any atom is 0.119 e. The zero-order valence-corrected chi connectivity index (χ0v) is 12.8. The largest absolute Gasteiger partial charge is 0.489 e. The van der Waals surface area contributed by atoms with E-state index in [9.17, 15) is 0 Å². The van der Waals surface area contributed by atoms with Gasteiger partial charge in [0.05, 0.1) is 0 Å². The Labute approximate surface area is 121 Å². The van der Waals surface area contributed by atoms with Crippen molar-refractivity contribution in [3.63, 3.8) is 0 Å². The van der Waals surface area contributed by atoms with Crippen LogP contribution in [0.5, 0.6) is 5.75 Å².